The van der Waals surface area contributed by atoms with E-state index in [1.807, 2.05) is 42.5 Å². The highest BCUT2D eigenvalue weighted by molar-refractivity contribution is 8.02. The van der Waals surface area contributed by atoms with Crippen LogP contribution in [0.5, 0.6) is 0 Å². The van der Waals surface area contributed by atoms with Crippen molar-refractivity contribution in [2.75, 3.05) is 0 Å². The summed E-state index contributed by atoms with van der Waals surface area (Å²) >= 11 is 1.19. The summed E-state index contributed by atoms with van der Waals surface area (Å²) in [6.07, 6.45) is 1.60. The van der Waals surface area contributed by atoms with Crippen molar-refractivity contribution in [2.45, 2.75) is 9.24 Å². The molecule has 2 heterocycles. The first-order chi connectivity index (χ1) is 15.1. The second-order valence-electron chi connectivity index (χ2n) is 6.47. The Morgan fingerprint density at radius 3 is 2.71 bits per heavy atom. The van der Waals surface area contributed by atoms with E-state index in [-0.39, 0.29) is 10.5 Å². The molecule has 0 unspecified atom stereocenters. The molecule has 0 saturated heterocycles. The minimum atomic E-state index is -0.418. The van der Waals surface area contributed by atoms with Gasteiger partial charge in [-0.05, 0) is 50.5 Å². The van der Waals surface area contributed by atoms with Crippen LogP contribution in [-0.2, 0) is 0 Å². The summed E-state index contributed by atoms with van der Waals surface area (Å²) in [6.45, 7) is 0. The number of fused-ring (bicyclic) bond motifs is 3. The number of nitro benzene ring substituents is 1. The van der Waals surface area contributed by atoms with Gasteiger partial charge >= 0.3 is 0 Å². The Hall–Kier alpha value is -3.34. The SMILES string of the molecule is N=c1nc(Sc2ccc(C=Nc3ccc4c(c3)oc3ccccc34)cc2[N+](=O)[O-])ss1. The molecule has 5 aromatic rings. The van der Waals surface area contributed by atoms with Gasteiger partial charge in [-0.15, -0.1) is 0 Å². The zero-order valence-corrected chi connectivity index (χ0v) is 18.1. The van der Waals surface area contributed by atoms with Gasteiger partial charge in [0, 0.05) is 29.1 Å². The summed E-state index contributed by atoms with van der Waals surface area (Å²) in [4.78, 5) is 20.3. The zero-order valence-electron chi connectivity index (χ0n) is 15.6. The largest absolute Gasteiger partial charge is 0.456 e. The highest BCUT2D eigenvalue weighted by Gasteiger charge is 2.17. The van der Waals surface area contributed by atoms with E-state index in [1.54, 1.807) is 18.3 Å². The Labute approximate surface area is 186 Å². The van der Waals surface area contributed by atoms with Gasteiger partial charge < -0.3 is 4.42 Å². The summed E-state index contributed by atoms with van der Waals surface area (Å²) in [7, 11) is 2.55. The Bertz CT molecular complexity index is 1530. The maximum absolute atomic E-state index is 11.6. The van der Waals surface area contributed by atoms with Crippen molar-refractivity contribution in [3.8, 4) is 0 Å². The average Bonchev–Trinajstić information content (AvgIpc) is 3.35. The van der Waals surface area contributed by atoms with Gasteiger partial charge in [0.15, 0.2) is 4.34 Å². The molecule has 0 saturated carbocycles. The first-order valence-electron chi connectivity index (χ1n) is 9.00. The van der Waals surface area contributed by atoms with E-state index in [1.165, 1.54) is 38.5 Å². The maximum Gasteiger partial charge on any atom is 0.283 e. The van der Waals surface area contributed by atoms with Crippen LogP contribution in [0.1, 0.15) is 5.56 Å². The molecule has 0 fully saturated rings. The molecule has 0 radical (unpaired) electrons. The lowest BCUT2D eigenvalue weighted by Gasteiger charge is -2.01. The number of rotatable bonds is 5. The fourth-order valence-electron chi connectivity index (χ4n) is 3.12. The number of nitro groups is 1. The monoisotopic (exact) mass is 464 g/mol. The molecule has 0 aliphatic rings. The van der Waals surface area contributed by atoms with Crippen molar-refractivity contribution in [3.05, 3.63) is 81.1 Å². The van der Waals surface area contributed by atoms with Gasteiger partial charge in [-0.2, -0.15) is 0 Å². The number of benzene rings is 3. The summed E-state index contributed by atoms with van der Waals surface area (Å²) in [5, 5.41) is 21.1. The van der Waals surface area contributed by atoms with Gasteiger partial charge in [0.25, 0.3) is 5.69 Å². The van der Waals surface area contributed by atoms with Crippen LogP contribution in [0, 0.1) is 15.5 Å². The lowest BCUT2D eigenvalue weighted by molar-refractivity contribution is -0.387. The molecular formula is C21H12N4O3S3. The average molecular weight is 465 g/mol. The normalized spacial score (nSPS) is 11.6. The summed E-state index contributed by atoms with van der Waals surface area (Å²) in [6, 6.07) is 18.5. The Balaban J connectivity index is 1.44. The van der Waals surface area contributed by atoms with E-state index >= 15 is 0 Å². The van der Waals surface area contributed by atoms with Gasteiger partial charge in [-0.3, -0.25) is 20.5 Å². The van der Waals surface area contributed by atoms with Crippen molar-refractivity contribution in [3.63, 3.8) is 0 Å². The first-order valence-corrected chi connectivity index (χ1v) is 12.0. The number of aliphatic imine (C=N–C) groups is 1. The number of nitrogens with one attached hydrogen (secondary N) is 1. The van der Waals surface area contributed by atoms with Crippen LogP contribution in [0.2, 0.25) is 0 Å². The lowest BCUT2D eigenvalue weighted by Crippen LogP contribution is -1.95. The molecular weight excluding hydrogens is 452 g/mol. The van der Waals surface area contributed by atoms with Gasteiger partial charge in [-0.25, -0.2) is 4.98 Å². The van der Waals surface area contributed by atoms with Crippen molar-refractivity contribution in [2.24, 2.45) is 4.99 Å². The van der Waals surface area contributed by atoms with E-state index in [9.17, 15) is 10.1 Å². The number of furan rings is 1. The predicted octanol–water partition coefficient (Wildman–Crippen LogP) is 6.39. The van der Waals surface area contributed by atoms with Crippen LogP contribution in [0.3, 0.4) is 0 Å². The van der Waals surface area contributed by atoms with E-state index in [4.69, 9.17) is 9.83 Å². The van der Waals surface area contributed by atoms with Crippen molar-refractivity contribution < 1.29 is 9.34 Å². The molecule has 0 amide bonds. The molecule has 3 aromatic carbocycles. The number of hydrogen-bond acceptors (Lipinski definition) is 9. The topological polar surface area (TPSA) is 105 Å². The smallest absolute Gasteiger partial charge is 0.283 e. The quantitative estimate of drug-likeness (QED) is 0.140. The molecule has 0 aliphatic carbocycles. The predicted molar refractivity (Wildman–Crippen MR) is 124 cm³/mol. The molecule has 0 bridgehead atoms. The number of hydrogen-bond donors (Lipinski definition) is 1. The van der Waals surface area contributed by atoms with Gasteiger partial charge in [0.2, 0.25) is 4.80 Å². The fraction of sp³-hybridized carbons (Fsp3) is 0. The molecule has 2 aromatic heterocycles. The molecule has 0 aliphatic heterocycles. The zero-order chi connectivity index (χ0) is 21.4. The maximum atomic E-state index is 11.6. The third kappa shape index (κ3) is 4.00. The van der Waals surface area contributed by atoms with Gasteiger partial charge in [0.1, 0.15) is 11.2 Å². The van der Waals surface area contributed by atoms with E-state index in [0.29, 0.717) is 20.5 Å². The Morgan fingerprint density at radius 2 is 1.90 bits per heavy atom. The minimum absolute atomic E-state index is 0.0200. The van der Waals surface area contributed by atoms with Crippen LogP contribution in [0.4, 0.5) is 11.4 Å². The van der Waals surface area contributed by atoms with Crippen molar-refractivity contribution in [1.82, 2.24) is 4.98 Å². The molecule has 0 spiro atoms. The van der Waals surface area contributed by atoms with Crippen LogP contribution in [0.25, 0.3) is 21.9 Å². The summed E-state index contributed by atoms with van der Waals surface area (Å²) < 4.78 is 6.50. The number of para-hydroxylation sites is 1. The molecule has 5 rings (SSSR count). The van der Waals surface area contributed by atoms with Crippen LogP contribution >= 0.6 is 32.4 Å². The Kier molecular flexibility index (Phi) is 5.10. The van der Waals surface area contributed by atoms with Gasteiger partial charge in [-0.1, -0.05) is 36.0 Å². The number of nitrogens with zero attached hydrogens (tertiary/aromatic N) is 3. The summed E-state index contributed by atoms with van der Waals surface area (Å²) in [5.41, 5.74) is 2.85. The third-order valence-electron chi connectivity index (χ3n) is 4.49. The minimum Gasteiger partial charge on any atom is -0.456 e. The molecule has 152 valence electrons. The van der Waals surface area contributed by atoms with Crippen molar-refractivity contribution in [1.29, 1.82) is 5.41 Å². The van der Waals surface area contributed by atoms with Crippen molar-refractivity contribution >= 4 is 72.0 Å². The number of aromatic nitrogens is 1. The molecule has 1 N–H and O–H groups in total. The first kappa shape index (κ1) is 19.6. The lowest BCUT2D eigenvalue weighted by atomic mass is 10.1. The summed E-state index contributed by atoms with van der Waals surface area (Å²) in [5.74, 6) is 0. The highest BCUT2D eigenvalue weighted by Crippen LogP contribution is 2.36. The highest BCUT2D eigenvalue weighted by atomic mass is 32.9. The van der Waals surface area contributed by atoms with E-state index < -0.39 is 4.92 Å². The fourth-order valence-corrected chi connectivity index (χ4v) is 6.03. The molecule has 31 heavy (non-hydrogen) atoms. The van der Waals surface area contributed by atoms with Gasteiger partial charge in [0.05, 0.1) is 15.5 Å². The third-order valence-corrected chi connectivity index (χ3v) is 7.90. The molecule has 0 atom stereocenters. The standard InChI is InChI=1S/C21H12N4O3S3/c22-20-24-21(31-30-20)29-19-8-5-12(9-16(19)25(26)27)11-23-13-6-7-15-14-3-1-2-4-17(14)28-18(15)10-13/h1-11,22H. The second-order valence-corrected chi connectivity index (χ2v) is 9.87. The Morgan fingerprint density at radius 1 is 1.06 bits per heavy atom. The van der Waals surface area contributed by atoms with Crippen LogP contribution in [0.15, 0.2) is 79.3 Å². The van der Waals surface area contributed by atoms with Crippen LogP contribution < -0.4 is 4.80 Å². The van der Waals surface area contributed by atoms with E-state index in [0.717, 1.165) is 21.9 Å². The molecule has 10 heteroatoms. The van der Waals surface area contributed by atoms with Crippen LogP contribution in [-0.4, -0.2) is 16.1 Å². The second kappa shape index (κ2) is 8.06. The van der Waals surface area contributed by atoms with E-state index in [2.05, 4.69) is 9.98 Å². The molecule has 7 nitrogen and oxygen atoms in total.